The maximum atomic E-state index is 11.5. The molecule has 0 unspecified atom stereocenters. The Labute approximate surface area is 158 Å². The fraction of sp³-hybridized carbons (Fsp3) is 0.400. The van der Waals surface area contributed by atoms with E-state index in [0.29, 0.717) is 26.2 Å². The number of hydrogen-bond donors (Lipinski definition) is 2. The van der Waals surface area contributed by atoms with Crippen LogP contribution in [0.5, 0.6) is 0 Å². The molecular formula is C20H24N2O5. The fourth-order valence-electron chi connectivity index (χ4n) is 3.04. The highest BCUT2D eigenvalue weighted by molar-refractivity contribution is 5.86. The van der Waals surface area contributed by atoms with Crippen LogP contribution in [0.4, 0.5) is 4.79 Å². The highest BCUT2D eigenvalue weighted by Crippen LogP contribution is 2.29. The Hall–Kier alpha value is -2.64. The number of hydrogen-bond acceptors (Lipinski definition) is 5. The SMILES string of the molecule is CNC(=O)COC(=O)NCC[C@H]1OC[C@H](c2cccc3ccccc32)CO1. The molecule has 144 valence electrons. The van der Waals surface area contributed by atoms with Gasteiger partial charge >= 0.3 is 6.09 Å². The number of carbonyl (C=O) groups excluding carboxylic acids is 2. The summed E-state index contributed by atoms with van der Waals surface area (Å²) >= 11 is 0. The van der Waals surface area contributed by atoms with Crippen molar-refractivity contribution < 1.29 is 23.8 Å². The Morgan fingerprint density at radius 3 is 2.63 bits per heavy atom. The van der Waals surface area contributed by atoms with Gasteiger partial charge in [0.05, 0.1) is 13.2 Å². The molecule has 0 aliphatic carbocycles. The number of benzene rings is 2. The fourth-order valence-corrected chi connectivity index (χ4v) is 3.04. The van der Waals surface area contributed by atoms with Crippen LogP contribution in [0, 0.1) is 0 Å². The van der Waals surface area contributed by atoms with E-state index >= 15 is 0 Å². The van der Waals surface area contributed by atoms with Crippen LogP contribution in [-0.4, -0.2) is 51.7 Å². The van der Waals surface area contributed by atoms with Crippen molar-refractivity contribution in [3.63, 3.8) is 0 Å². The van der Waals surface area contributed by atoms with Crippen LogP contribution in [0.15, 0.2) is 42.5 Å². The molecule has 7 heteroatoms. The first-order chi connectivity index (χ1) is 13.2. The van der Waals surface area contributed by atoms with E-state index in [-0.39, 0.29) is 24.7 Å². The van der Waals surface area contributed by atoms with E-state index in [2.05, 4.69) is 41.0 Å². The van der Waals surface area contributed by atoms with Gasteiger partial charge in [-0.2, -0.15) is 0 Å². The molecule has 1 fully saturated rings. The van der Waals surface area contributed by atoms with Crippen LogP contribution in [0.2, 0.25) is 0 Å². The van der Waals surface area contributed by atoms with Gasteiger partial charge in [0.25, 0.3) is 5.91 Å². The van der Waals surface area contributed by atoms with Gasteiger partial charge in [0.15, 0.2) is 12.9 Å². The normalized spacial score (nSPS) is 19.4. The molecule has 0 aromatic heterocycles. The first-order valence-electron chi connectivity index (χ1n) is 8.99. The Balaban J connectivity index is 1.43. The van der Waals surface area contributed by atoms with Crippen molar-refractivity contribution in [3.8, 4) is 0 Å². The summed E-state index contributed by atoms with van der Waals surface area (Å²) in [5.41, 5.74) is 1.22. The predicted octanol–water partition coefficient (Wildman–Crippen LogP) is 2.16. The topological polar surface area (TPSA) is 85.9 Å². The van der Waals surface area contributed by atoms with Gasteiger partial charge in [-0.25, -0.2) is 4.79 Å². The van der Waals surface area contributed by atoms with E-state index in [0.717, 1.165) is 0 Å². The maximum absolute atomic E-state index is 11.5. The number of fused-ring (bicyclic) bond motifs is 1. The minimum Gasteiger partial charge on any atom is -0.439 e. The van der Waals surface area contributed by atoms with Gasteiger partial charge in [-0.05, 0) is 16.3 Å². The number of rotatable bonds is 6. The molecule has 2 aromatic rings. The standard InChI is InChI=1S/C20H24N2O5/c1-21-18(23)13-27-20(24)22-10-9-19-25-11-15(12-26-19)17-8-4-6-14-5-2-3-7-16(14)17/h2-8,15,19H,9-13H2,1H3,(H,21,23)(H,22,24)/t15-,19-. The van der Waals surface area contributed by atoms with Gasteiger partial charge < -0.3 is 24.8 Å². The molecule has 0 radical (unpaired) electrons. The van der Waals surface area contributed by atoms with Crippen molar-refractivity contribution in [2.75, 3.05) is 33.4 Å². The Kier molecular flexibility index (Phi) is 6.62. The van der Waals surface area contributed by atoms with Crippen LogP contribution in [0.25, 0.3) is 10.8 Å². The van der Waals surface area contributed by atoms with Crippen molar-refractivity contribution in [1.29, 1.82) is 0 Å². The lowest BCUT2D eigenvalue weighted by molar-refractivity contribution is -0.188. The van der Waals surface area contributed by atoms with E-state index in [9.17, 15) is 9.59 Å². The number of nitrogens with one attached hydrogen (secondary N) is 2. The number of carbonyl (C=O) groups is 2. The highest BCUT2D eigenvalue weighted by atomic mass is 16.7. The molecule has 0 saturated carbocycles. The molecule has 2 aromatic carbocycles. The zero-order valence-electron chi connectivity index (χ0n) is 15.3. The number of alkyl carbamates (subject to hydrolysis) is 1. The minimum absolute atomic E-state index is 0.179. The van der Waals surface area contributed by atoms with E-state index in [4.69, 9.17) is 14.2 Å². The molecule has 1 saturated heterocycles. The lowest BCUT2D eigenvalue weighted by atomic mass is 9.94. The average molecular weight is 372 g/mol. The van der Waals surface area contributed by atoms with Crippen molar-refractivity contribution in [2.24, 2.45) is 0 Å². The molecule has 2 N–H and O–H groups in total. The summed E-state index contributed by atoms with van der Waals surface area (Å²) in [6.07, 6.45) is -0.490. The summed E-state index contributed by atoms with van der Waals surface area (Å²) in [7, 11) is 1.48. The molecule has 1 aliphatic rings. The molecule has 1 aliphatic heterocycles. The molecule has 1 heterocycles. The average Bonchev–Trinajstić information content (AvgIpc) is 2.72. The van der Waals surface area contributed by atoms with Gasteiger partial charge in [0.1, 0.15) is 0 Å². The molecule has 0 bridgehead atoms. The van der Waals surface area contributed by atoms with E-state index < -0.39 is 6.09 Å². The highest BCUT2D eigenvalue weighted by Gasteiger charge is 2.24. The third-order valence-electron chi connectivity index (χ3n) is 4.49. The Morgan fingerprint density at radius 1 is 1.11 bits per heavy atom. The van der Waals surface area contributed by atoms with Crippen LogP contribution < -0.4 is 10.6 Å². The quantitative estimate of drug-likeness (QED) is 0.812. The second-order valence-corrected chi connectivity index (χ2v) is 6.33. The summed E-state index contributed by atoms with van der Waals surface area (Å²) in [6.45, 7) is 1.18. The smallest absolute Gasteiger partial charge is 0.407 e. The zero-order chi connectivity index (χ0) is 19.1. The monoisotopic (exact) mass is 372 g/mol. The van der Waals surface area contributed by atoms with Gasteiger partial charge in [-0.3, -0.25) is 4.79 Å². The summed E-state index contributed by atoms with van der Waals surface area (Å²) in [4.78, 5) is 22.5. The lowest BCUT2D eigenvalue weighted by Gasteiger charge is -2.30. The third-order valence-corrected chi connectivity index (χ3v) is 4.49. The molecule has 0 atom stereocenters. The third kappa shape index (κ3) is 5.18. The summed E-state index contributed by atoms with van der Waals surface area (Å²) in [6, 6.07) is 14.5. The van der Waals surface area contributed by atoms with Gasteiger partial charge in [0.2, 0.25) is 0 Å². The lowest BCUT2D eigenvalue weighted by Crippen LogP contribution is -2.35. The largest absolute Gasteiger partial charge is 0.439 e. The van der Waals surface area contributed by atoms with Gasteiger partial charge in [0, 0.05) is 25.9 Å². The van der Waals surface area contributed by atoms with Gasteiger partial charge in [-0.15, -0.1) is 0 Å². The second kappa shape index (κ2) is 9.34. The van der Waals surface area contributed by atoms with E-state index in [1.54, 1.807) is 0 Å². The zero-order valence-corrected chi connectivity index (χ0v) is 15.3. The Bertz CT molecular complexity index is 782. The van der Waals surface area contributed by atoms with Crippen molar-refractivity contribution in [1.82, 2.24) is 10.6 Å². The molecule has 2 amide bonds. The first-order valence-corrected chi connectivity index (χ1v) is 8.99. The number of amides is 2. The molecule has 0 spiro atoms. The summed E-state index contributed by atoms with van der Waals surface area (Å²) in [5.74, 6) is -0.179. The minimum atomic E-state index is -0.636. The second-order valence-electron chi connectivity index (χ2n) is 6.33. The molecule has 3 rings (SSSR count). The van der Waals surface area contributed by atoms with Crippen LogP contribution in [0.3, 0.4) is 0 Å². The van der Waals surface area contributed by atoms with Gasteiger partial charge in [-0.1, -0.05) is 42.5 Å². The number of likely N-dealkylation sites (N-methyl/N-ethyl adjacent to an activating group) is 1. The van der Waals surface area contributed by atoms with Crippen molar-refractivity contribution in [2.45, 2.75) is 18.6 Å². The first kappa shape index (κ1) is 19.1. The van der Waals surface area contributed by atoms with Crippen LogP contribution >= 0.6 is 0 Å². The van der Waals surface area contributed by atoms with E-state index in [1.165, 1.54) is 23.4 Å². The molecular weight excluding hydrogens is 348 g/mol. The molecule has 7 nitrogen and oxygen atoms in total. The summed E-state index contributed by atoms with van der Waals surface area (Å²) in [5, 5.41) is 7.37. The number of ether oxygens (including phenoxy) is 3. The maximum Gasteiger partial charge on any atom is 0.407 e. The van der Waals surface area contributed by atoms with Crippen LogP contribution in [-0.2, 0) is 19.0 Å². The summed E-state index contributed by atoms with van der Waals surface area (Å²) < 4.78 is 16.4. The van der Waals surface area contributed by atoms with Crippen molar-refractivity contribution >= 4 is 22.8 Å². The predicted molar refractivity (Wildman–Crippen MR) is 100 cm³/mol. The van der Waals surface area contributed by atoms with E-state index in [1.807, 2.05) is 12.1 Å². The molecule has 27 heavy (non-hydrogen) atoms. The van der Waals surface area contributed by atoms with Crippen LogP contribution in [0.1, 0.15) is 17.9 Å². The van der Waals surface area contributed by atoms with Crippen molar-refractivity contribution in [3.05, 3.63) is 48.0 Å². The Morgan fingerprint density at radius 2 is 1.85 bits per heavy atom.